The summed E-state index contributed by atoms with van der Waals surface area (Å²) >= 11 is 0. The van der Waals surface area contributed by atoms with Crippen molar-refractivity contribution in [3.05, 3.63) is 0 Å². The Morgan fingerprint density at radius 3 is 2.06 bits per heavy atom. The molecule has 0 fully saturated rings. The van der Waals surface area contributed by atoms with Crippen LogP contribution in [0.5, 0.6) is 0 Å². The van der Waals surface area contributed by atoms with Gasteiger partial charge in [0.1, 0.15) is 0 Å². The van der Waals surface area contributed by atoms with E-state index in [9.17, 15) is 4.79 Å². The first-order chi connectivity index (χ1) is 7.47. The van der Waals surface area contributed by atoms with Gasteiger partial charge < -0.3 is 4.74 Å². The molecule has 0 aliphatic rings. The van der Waals surface area contributed by atoms with E-state index in [1.165, 1.54) is 0 Å². The topological polar surface area (TPSA) is 26.3 Å². The maximum absolute atomic E-state index is 11.8. The van der Waals surface area contributed by atoms with E-state index in [0.717, 1.165) is 25.7 Å². The number of hydrogen-bond acceptors (Lipinski definition) is 2. The molecule has 1 unspecified atom stereocenters. The second-order valence-electron chi connectivity index (χ2n) is 5.48. The van der Waals surface area contributed by atoms with E-state index < -0.39 is 0 Å². The molecule has 1 atom stereocenters. The summed E-state index contributed by atoms with van der Waals surface area (Å²) < 4.78 is 5.31. The lowest BCUT2D eigenvalue weighted by molar-refractivity contribution is -0.150. The van der Waals surface area contributed by atoms with Crippen LogP contribution >= 0.6 is 0 Å². The Bertz CT molecular complexity index is 185. The second kappa shape index (κ2) is 8.60. The molecule has 0 aromatic heterocycles. The van der Waals surface area contributed by atoms with Crippen LogP contribution < -0.4 is 0 Å². The summed E-state index contributed by atoms with van der Waals surface area (Å²) in [6.45, 7) is 11.2. The quantitative estimate of drug-likeness (QED) is 0.586. The molecule has 0 aromatic carbocycles. The van der Waals surface area contributed by atoms with Crippen LogP contribution in [0.2, 0.25) is 0 Å². The summed E-state index contributed by atoms with van der Waals surface area (Å²) in [4.78, 5) is 11.8. The van der Waals surface area contributed by atoms with Gasteiger partial charge in [-0.25, -0.2) is 0 Å². The summed E-state index contributed by atoms with van der Waals surface area (Å²) in [6, 6.07) is 0. The Labute approximate surface area is 101 Å². The lowest BCUT2D eigenvalue weighted by Gasteiger charge is -2.17. The van der Waals surface area contributed by atoms with Gasteiger partial charge in [0, 0.05) is 0 Å². The summed E-state index contributed by atoms with van der Waals surface area (Å²) in [5.74, 6) is 1.22. The van der Waals surface area contributed by atoms with Crippen LogP contribution in [0.1, 0.15) is 60.3 Å². The summed E-state index contributed by atoms with van der Waals surface area (Å²) in [5.41, 5.74) is 0. The highest BCUT2D eigenvalue weighted by atomic mass is 16.5. The van der Waals surface area contributed by atoms with Gasteiger partial charge in [-0.05, 0) is 24.7 Å². The fourth-order valence-corrected chi connectivity index (χ4v) is 1.63. The molecule has 0 aliphatic heterocycles. The van der Waals surface area contributed by atoms with Crippen LogP contribution in [-0.4, -0.2) is 12.6 Å². The Kier molecular flexibility index (Phi) is 8.32. The van der Waals surface area contributed by atoms with E-state index in [4.69, 9.17) is 4.74 Å². The standard InChI is InChI=1S/C14H28O2/c1-6-7-13(9-8-11(2)3)14(15)16-10-12(4)5/h11-13H,6-10H2,1-5H3. The molecular formula is C14H28O2. The van der Waals surface area contributed by atoms with E-state index in [1.54, 1.807) is 0 Å². The SMILES string of the molecule is CCCC(CCC(C)C)C(=O)OCC(C)C. The molecule has 0 heterocycles. The maximum atomic E-state index is 11.8. The number of carbonyl (C=O) groups excluding carboxylic acids is 1. The highest BCUT2D eigenvalue weighted by molar-refractivity contribution is 5.72. The predicted molar refractivity (Wildman–Crippen MR) is 68.3 cm³/mol. The number of rotatable bonds is 8. The first-order valence-corrected chi connectivity index (χ1v) is 6.64. The van der Waals surface area contributed by atoms with Gasteiger partial charge in [0.15, 0.2) is 0 Å². The second-order valence-corrected chi connectivity index (χ2v) is 5.48. The van der Waals surface area contributed by atoms with Crippen LogP contribution in [-0.2, 0) is 9.53 Å². The average Bonchev–Trinajstić information content (AvgIpc) is 2.20. The first kappa shape index (κ1) is 15.5. The number of esters is 1. The number of hydrogen-bond donors (Lipinski definition) is 0. The van der Waals surface area contributed by atoms with Crippen molar-refractivity contribution in [2.45, 2.75) is 60.3 Å². The minimum atomic E-state index is 0.0104. The molecule has 0 saturated heterocycles. The zero-order valence-electron chi connectivity index (χ0n) is 11.6. The molecule has 16 heavy (non-hydrogen) atoms. The molecule has 96 valence electrons. The third-order valence-corrected chi connectivity index (χ3v) is 2.62. The maximum Gasteiger partial charge on any atom is 0.308 e. The third-order valence-electron chi connectivity index (χ3n) is 2.62. The molecule has 0 radical (unpaired) electrons. The molecular weight excluding hydrogens is 200 g/mol. The van der Waals surface area contributed by atoms with Crippen molar-refractivity contribution in [2.75, 3.05) is 6.61 Å². The smallest absolute Gasteiger partial charge is 0.308 e. The summed E-state index contributed by atoms with van der Waals surface area (Å²) in [7, 11) is 0. The molecule has 0 bridgehead atoms. The fourth-order valence-electron chi connectivity index (χ4n) is 1.63. The lowest BCUT2D eigenvalue weighted by atomic mass is 9.94. The Hall–Kier alpha value is -0.530. The molecule has 0 aliphatic carbocycles. The van der Waals surface area contributed by atoms with Crippen LogP contribution in [0.25, 0.3) is 0 Å². The molecule has 2 heteroatoms. The van der Waals surface area contributed by atoms with Gasteiger partial charge in [0.05, 0.1) is 12.5 Å². The van der Waals surface area contributed by atoms with Crippen molar-refractivity contribution < 1.29 is 9.53 Å². The molecule has 0 aromatic rings. The largest absolute Gasteiger partial charge is 0.465 e. The van der Waals surface area contributed by atoms with Crippen molar-refractivity contribution in [3.63, 3.8) is 0 Å². The van der Waals surface area contributed by atoms with Gasteiger partial charge in [-0.1, -0.05) is 47.5 Å². The van der Waals surface area contributed by atoms with Gasteiger partial charge >= 0.3 is 5.97 Å². The molecule has 0 rings (SSSR count). The van der Waals surface area contributed by atoms with E-state index in [2.05, 4.69) is 34.6 Å². The number of ether oxygens (including phenoxy) is 1. The Morgan fingerprint density at radius 2 is 1.62 bits per heavy atom. The molecule has 0 spiro atoms. The van der Waals surface area contributed by atoms with E-state index in [0.29, 0.717) is 18.4 Å². The molecule has 0 amide bonds. The van der Waals surface area contributed by atoms with Gasteiger partial charge in [0.2, 0.25) is 0 Å². The minimum absolute atomic E-state index is 0.0104. The Morgan fingerprint density at radius 1 is 1.00 bits per heavy atom. The zero-order valence-corrected chi connectivity index (χ0v) is 11.6. The van der Waals surface area contributed by atoms with Crippen molar-refractivity contribution >= 4 is 5.97 Å². The third kappa shape index (κ3) is 7.72. The Balaban J connectivity index is 4.02. The van der Waals surface area contributed by atoms with Crippen LogP contribution in [0.3, 0.4) is 0 Å². The fraction of sp³-hybridized carbons (Fsp3) is 0.929. The summed E-state index contributed by atoms with van der Waals surface area (Å²) in [5, 5.41) is 0. The van der Waals surface area contributed by atoms with Crippen LogP contribution in [0.4, 0.5) is 0 Å². The van der Waals surface area contributed by atoms with Gasteiger partial charge in [0.25, 0.3) is 0 Å². The van der Waals surface area contributed by atoms with Crippen molar-refractivity contribution in [1.82, 2.24) is 0 Å². The minimum Gasteiger partial charge on any atom is -0.465 e. The average molecular weight is 228 g/mol. The van der Waals surface area contributed by atoms with Crippen molar-refractivity contribution in [2.24, 2.45) is 17.8 Å². The molecule has 0 N–H and O–H groups in total. The summed E-state index contributed by atoms with van der Waals surface area (Å²) in [6.07, 6.45) is 4.10. The van der Waals surface area contributed by atoms with E-state index >= 15 is 0 Å². The predicted octanol–water partition coefficient (Wildman–Crippen LogP) is 4.04. The van der Waals surface area contributed by atoms with Crippen molar-refractivity contribution in [1.29, 1.82) is 0 Å². The normalized spacial score (nSPS) is 13.2. The number of carbonyl (C=O) groups is 1. The first-order valence-electron chi connectivity index (χ1n) is 6.64. The monoisotopic (exact) mass is 228 g/mol. The van der Waals surface area contributed by atoms with Crippen LogP contribution in [0, 0.1) is 17.8 Å². The van der Waals surface area contributed by atoms with Crippen LogP contribution in [0.15, 0.2) is 0 Å². The zero-order chi connectivity index (χ0) is 12.6. The van der Waals surface area contributed by atoms with E-state index in [-0.39, 0.29) is 11.9 Å². The van der Waals surface area contributed by atoms with Gasteiger partial charge in [-0.2, -0.15) is 0 Å². The van der Waals surface area contributed by atoms with Gasteiger partial charge in [-0.3, -0.25) is 4.79 Å². The molecule has 2 nitrogen and oxygen atoms in total. The van der Waals surface area contributed by atoms with Gasteiger partial charge in [-0.15, -0.1) is 0 Å². The highest BCUT2D eigenvalue weighted by Gasteiger charge is 2.19. The highest BCUT2D eigenvalue weighted by Crippen LogP contribution is 2.19. The molecule has 0 saturated carbocycles. The van der Waals surface area contributed by atoms with E-state index in [1.807, 2.05) is 0 Å². The van der Waals surface area contributed by atoms with Crippen molar-refractivity contribution in [3.8, 4) is 0 Å². The lowest BCUT2D eigenvalue weighted by Crippen LogP contribution is -2.20.